The number of para-hydroxylation sites is 2. The summed E-state index contributed by atoms with van der Waals surface area (Å²) >= 11 is 2.14. The van der Waals surface area contributed by atoms with Crippen LogP contribution >= 0.6 is 22.6 Å². The molecule has 0 aliphatic rings. The zero-order valence-electron chi connectivity index (χ0n) is 9.26. The number of halogens is 1. The molecule has 0 amide bonds. The van der Waals surface area contributed by atoms with E-state index in [4.69, 9.17) is 15.6 Å². The van der Waals surface area contributed by atoms with Crippen molar-refractivity contribution in [3.63, 3.8) is 0 Å². The summed E-state index contributed by atoms with van der Waals surface area (Å²) in [5.74, 6) is -0.0768. The van der Waals surface area contributed by atoms with Gasteiger partial charge in [-0.3, -0.25) is 0 Å². The van der Waals surface area contributed by atoms with E-state index < -0.39 is 5.97 Å². The van der Waals surface area contributed by atoms with Gasteiger partial charge in [0.2, 0.25) is 0 Å². The number of carboxylic acid groups (broad SMARTS) is 1. The standard InChI is InChI=1S/C13H10INO3/c14-9-5-1-2-6-10(9)18-11-7-3-4-8(12(11)15)13(16)17/h1-7H,15H2,(H,16,17). The van der Waals surface area contributed by atoms with Crippen LogP contribution < -0.4 is 10.5 Å². The highest BCUT2D eigenvalue weighted by Gasteiger charge is 2.13. The maximum absolute atomic E-state index is 11.0. The smallest absolute Gasteiger partial charge is 0.337 e. The number of anilines is 1. The van der Waals surface area contributed by atoms with Gasteiger partial charge in [0.1, 0.15) is 5.75 Å². The Morgan fingerprint density at radius 2 is 1.78 bits per heavy atom. The molecule has 2 aromatic rings. The van der Waals surface area contributed by atoms with Gasteiger partial charge in [-0.2, -0.15) is 0 Å². The summed E-state index contributed by atoms with van der Waals surface area (Å²) in [5, 5.41) is 8.97. The molecular formula is C13H10INO3. The molecule has 5 heteroatoms. The molecule has 0 unspecified atom stereocenters. The second kappa shape index (κ2) is 5.26. The summed E-state index contributed by atoms with van der Waals surface area (Å²) in [7, 11) is 0. The summed E-state index contributed by atoms with van der Waals surface area (Å²) in [6.07, 6.45) is 0. The number of carboxylic acids is 1. The van der Waals surface area contributed by atoms with Crippen molar-refractivity contribution in [2.75, 3.05) is 5.73 Å². The van der Waals surface area contributed by atoms with Gasteiger partial charge in [-0.05, 0) is 46.9 Å². The third-order valence-electron chi connectivity index (χ3n) is 2.35. The van der Waals surface area contributed by atoms with E-state index in [1.54, 1.807) is 18.2 Å². The highest BCUT2D eigenvalue weighted by atomic mass is 127. The number of nitrogens with two attached hydrogens (primary N) is 1. The van der Waals surface area contributed by atoms with E-state index in [1.165, 1.54) is 6.07 Å². The molecule has 3 N–H and O–H groups in total. The summed E-state index contributed by atoms with van der Waals surface area (Å²) < 4.78 is 6.56. The lowest BCUT2D eigenvalue weighted by atomic mass is 10.1. The second-order valence-electron chi connectivity index (χ2n) is 3.56. The molecule has 0 bridgehead atoms. The predicted molar refractivity (Wildman–Crippen MR) is 77.0 cm³/mol. The van der Waals surface area contributed by atoms with Crippen LogP contribution in [0.2, 0.25) is 0 Å². The third-order valence-corrected chi connectivity index (χ3v) is 3.24. The van der Waals surface area contributed by atoms with Crippen molar-refractivity contribution in [1.29, 1.82) is 0 Å². The van der Waals surface area contributed by atoms with Gasteiger partial charge in [-0.1, -0.05) is 18.2 Å². The van der Waals surface area contributed by atoms with Gasteiger partial charge in [-0.15, -0.1) is 0 Å². The van der Waals surface area contributed by atoms with E-state index in [9.17, 15) is 4.79 Å². The number of benzene rings is 2. The van der Waals surface area contributed by atoms with Crippen LogP contribution in [0.5, 0.6) is 11.5 Å². The Morgan fingerprint density at radius 1 is 1.11 bits per heavy atom. The summed E-state index contributed by atoms with van der Waals surface area (Å²) in [5.41, 5.74) is 5.94. The quantitative estimate of drug-likeness (QED) is 0.654. The maximum atomic E-state index is 11.0. The number of nitrogen functional groups attached to an aromatic ring is 1. The molecule has 0 radical (unpaired) electrons. The second-order valence-corrected chi connectivity index (χ2v) is 4.72. The lowest BCUT2D eigenvalue weighted by molar-refractivity contribution is 0.0697. The molecule has 0 atom stereocenters. The zero-order valence-corrected chi connectivity index (χ0v) is 11.4. The zero-order chi connectivity index (χ0) is 13.1. The molecular weight excluding hydrogens is 345 g/mol. The first kappa shape index (κ1) is 12.7. The highest BCUT2D eigenvalue weighted by molar-refractivity contribution is 14.1. The van der Waals surface area contributed by atoms with Gasteiger partial charge in [0, 0.05) is 0 Å². The maximum Gasteiger partial charge on any atom is 0.337 e. The molecule has 2 aromatic carbocycles. The average Bonchev–Trinajstić information content (AvgIpc) is 2.34. The summed E-state index contributed by atoms with van der Waals surface area (Å²) in [4.78, 5) is 11.0. The van der Waals surface area contributed by atoms with Crippen LogP contribution in [0.3, 0.4) is 0 Å². The average molecular weight is 355 g/mol. The van der Waals surface area contributed by atoms with Gasteiger partial charge in [0.15, 0.2) is 5.75 Å². The first-order valence-corrected chi connectivity index (χ1v) is 6.21. The predicted octanol–water partition coefficient (Wildman–Crippen LogP) is 3.36. The van der Waals surface area contributed by atoms with Crippen LogP contribution in [-0.4, -0.2) is 11.1 Å². The lowest BCUT2D eigenvalue weighted by Gasteiger charge is -2.11. The van der Waals surface area contributed by atoms with Crippen molar-refractivity contribution < 1.29 is 14.6 Å². The molecule has 0 saturated carbocycles. The monoisotopic (exact) mass is 355 g/mol. The fraction of sp³-hybridized carbons (Fsp3) is 0. The Hall–Kier alpha value is -1.76. The molecule has 4 nitrogen and oxygen atoms in total. The Balaban J connectivity index is 2.39. The molecule has 2 rings (SSSR count). The van der Waals surface area contributed by atoms with E-state index in [-0.39, 0.29) is 11.3 Å². The molecule has 92 valence electrons. The van der Waals surface area contributed by atoms with Crippen LogP contribution in [0.15, 0.2) is 42.5 Å². The number of hydrogen-bond donors (Lipinski definition) is 2. The molecule has 0 spiro atoms. The Kier molecular flexibility index (Phi) is 3.71. The van der Waals surface area contributed by atoms with Crippen molar-refractivity contribution in [2.45, 2.75) is 0 Å². The number of hydrogen-bond acceptors (Lipinski definition) is 3. The van der Waals surface area contributed by atoms with Crippen LogP contribution in [-0.2, 0) is 0 Å². The van der Waals surface area contributed by atoms with Crippen LogP contribution in [0.25, 0.3) is 0 Å². The van der Waals surface area contributed by atoms with Gasteiger partial charge >= 0.3 is 5.97 Å². The molecule has 0 aliphatic carbocycles. The number of carbonyl (C=O) groups is 1. The minimum absolute atomic E-state index is 0.0402. The fourth-order valence-corrected chi connectivity index (χ4v) is 1.96. The molecule has 0 aromatic heterocycles. The van der Waals surface area contributed by atoms with Gasteiger partial charge in [-0.25, -0.2) is 4.79 Å². The fourth-order valence-electron chi connectivity index (χ4n) is 1.47. The minimum Gasteiger partial charge on any atom is -0.478 e. The van der Waals surface area contributed by atoms with Gasteiger partial charge < -0.3 is 15.6 Å². The van der Waals surface area contributed by atoms with Crippen LogP contribution in [0.4, 0.5) is 5.69 Å². The van der Waals surface area contributed by atoms with Crippen molar-refractivity contribution in [3.05, 3.63) is 51.6 Å². The van der Waals surface area contributed by atoms with Gasteiger partial charge in [0.05, 0.1) is 14.8 Å². The van der Waals surface area contributed by atoms with Crippen molar-refractivity contribution in [3.8, 4) is 11.5 Å². The first-order chi connectivity index (χ1) is 8.59. The Labute approximate surface area is 118 Å². The Morgan fingerprint density at radius 3 is 2.44 bits per heavy atom. The molecule has 0 aliphatic heterocycles. The van der Waals surface area contributed by atoms with E-state index in [0.717, 1.165) is 3.57 Å². The van der Waals surface area contributed by atoms with Crippen LogP contribution in [0, 0.1) is 3.57 Å². The number of ether oxygens (including phenoxy) is 1. The Bertz CT molecular complexity index is 599. The third kappa shape index (κ3) is 2.56. The molecule has 0 saturated heterocycles. The first-order valence-electron chi connectivity index (χ1n) is 5.14. The molecule has 0 fully saturated rings. The normalized spacial score (nSPS) is 10.1. The van der Waals surface area contributed by atoms with Crippen molar-refractivity contribution >= 4 is 34.2 Å². The van der Waals surface area contributed by atoms with Gasteiger partial charge in [0.25, 0.3) is 0 Å². The summed E-state index contributed by atoms with van der Waals surface area (Å²) in [6.45, 7) is 0. The van der Waals surface area contributed by atoms with E-state index in [1.807, 2.05) is 18.2 Å². The van der Waals surface area contributed by atoms with Crippen molar-refractivity contribution in [1.82, 2.24) is 0 Å². The molecule has 0 heterocycles. The van der Waals surface area contributed by atoms with Crippen LogP contribution in [0.1, 0.15) is 10.4 Å². The number of rotatable bonds is 3. The van der Waals surface area contributed by atoms with E-state index in [2.05, 4.69) is 22.6 Å². The molecule has 18 heavy (non-hydrogen) atoms. The SMILES string of the molecule is Nc1c(Oc2ccccc2I)cccc1C(=O)O. The lowest BCUT2D eigenvalue weighted by Crippen LogP contribution is -2.03. The number of aromatic carboxylic acids is 1. The minimum atomic E-state index is -1.07. The summed E-state index contributed by atoms with van der Waals surface area (Å²) in [6, 6.07) is 12.1. The van der Waals surface area contributed by atoms with E-state index in [0.29, 0.717) is 11.5 Å². The highest BCUT2D eigenvalue weighted by Crippen LogP contribution is 2.32. The van der Waals surface area contributed by atoms with E-state index >= 15 is 0 Å². The van der Waals surface area contributed by atoms with Crippen molar-refractivity contribution in [2.24, 2.45) is 0 Å². The largest absolute Gasteiger partial charge is 0.478 e. The topological polar surface area (TPSA) is 72.5 Å².